The number of anilines is 1. The van der Waals surface area contributed by atoms with E-state index in [9.17, 15) is 18.0 Å². The van der Waals surface area contributed by atoms with E-state index in [2.05, 4.69) is 10.6 Å². The molecule has 0 bridgehead atoms. The summed E-state index contributed by atoms with van der Waals surface area (Å²) in [5.74, 6) is -0.490. The van der Waals surface area contributed by atoms with E-state index in [1.807, 2.05) is 0 Å². The van der Waals surface area contributed by atoms with Gasteiger partial charge in [0.05, 0.1) is 16.6 Å². The maximum absolute atomic E-state index is 13.4. The lowest BCUT2D eigenvalue weighted by Gasteiger charge is -2.33. The van der Waals surface area contributed by atoms with Crippen molar-refractivity contribution in [3.05, 3.63) is 17.2 Å². The fourth-order valence-electron chi connectivity index (χ4n) is 4.71. The van der Waals surface area contributed by atoms with Crippen LogP contribution in [0.2, 0.25) is 5.02 Å². The van der Waals surface area contributed by atoms with Gasteiger partial charge >= 0.3 is 0 Å². The highest BCUT2D eigenvalue weighted by atomic mass is 35.5. The fraction of sp³-hybridized carbons (Fsp3) is 0.636. The third-order valence-electron chi connectivity index (χ3n) is 6.49. The summed E-state index contributed by atoms with van der Waals surface area (Å²) < 4.78 is 33.4. The maximum atomic E-state index is 13.4. The highest BCUT2D eigenvalue weighted by molar-refractivity contribution is 7.89. The van der Waals surface area contributed by atoms with Gasteiger partial charge in [0.15, 0.2) is 6.61 Å². The number of hydrogen-bond acceptors (Lipinski definition) is 5. The molecule has 1 unspecified atom stereocenters. The van der Waals surface area contributed by atoms with Crippen LogP contribution in [0.4, 0.5) is 5.69 Å². The van der Waals surface area contributed by atoms with E-state index < -0.39 is 10.0 Å². The van der Waals surface area contributed by atoms with Crippen molar-refractivity contribution in [2.75, 3.05) is 25.0 Å². The number of amides is 2. The van der Waals surface area contributed by atoms with Crippen LogP contribution in [0, 0.1) is 5.92 Å². The molecule has 0 spiro atoms. The Morgan fingerprint density at radius 2 is 1.81 bits per heavy atom. The number of nitrogens with one attached hydrogen (secondary N) is 2. The molecule has 8 nitrogen and oxygen atoms in total. The first-order valence-electron chi connectivity index (χ1n) is 11.4. The minimum atomic E-state index is -3.92. The Bertz CT molecular complexity index is 976. The van der Waals surface area contributed by atoms with E-state index in [0.717, 1.165) is 25.7 Å². The number of benzene rings is 1. The number of piperidine rings is 1. The predicted molar refractivity (Wildman–Crippen MR) is 121 cm³/mol. The second-order valence-electron chi connectivity index (χ2n) is 8.87. The molecular weight excluding hydrogens is 454 g/mol. The van der Waals surface area contributed by atoms with Gasteiger partial charge in [-0.05, 0) is 31.7 Å². The SMILES string of the molecule is O=C1COc2cc(S(=O)(=O)N3CCCC(C(=O)NC4CCCCCCC4)C3)c(Cl)cc2N1. The van der Waals surface area contributed by atoms with Crippen LogP contribution in [0.3, 0.4) is 0 Å². The molecule has 0 radical (unpaired) electrons. The summed E-state index contributed by atoms with van der Waals surface area (Å²) in [6.07, 6.45) is 9.16. The van der Waals surface area contributed by atoms with Gasteiger partial charge in [0.2, 0.25) is 15.9 Å². The number of rotatable bonds is 4. The Morgan fingerprint density at radius 1 is 1.09 bits per heavy atom. The molecule has 1 atom stereocenters. The Kier molecular flexibility index (Phi) is 7.27. The van der Waals surface area contributed by atoms with Gasteiger partial charge in [-0.2, -0.15) is 4.31 Å². The van der Waals surface area contributed by atoms with E-state index in [1.165, 1.54) is 35.7 Å². The predicted octanol–water partition coefficient (Wildman–Crippen LogP) is 3.30. The Morgan fingerprint density at radius 3 is 2.56 bits per heavy atom. The van der Waals surface area contributed by atoms with Gasteiger partial charge in [-0.25, -0.2) is 8.42 Å². The summed E-state index contributed by atoms with van der Waals surface area (Å²) in [6, 6.07) is 2.92. The van der Waals surface area contributed by atoms with Crippen molar-refractivity contribution in [3.8, 4) is 5.75 Å². The van der Waals surface area contributed by atoms with Crippen molar-refractivity contribution in [1.29, 1.82) is 0 Å². The molecule has 32 heavy (non-hydrogen) atoms. The molecule has 3 aliphatic rings. The van der Waals surface area contributed by atoms with Crippen LogP contribution in [0.1, 0.15) is 57.8 Å². The molecule has 2 N–H and O–H groups in total. The highest BCUT2D eigenvalue weighted by Crippen LogP contribution is 2.37. The smallest absolute Gasteiger partial charge is 0.262 e. The Balaban J connectivity index is 1.46. The number of hydrogen-bond donors (Lipinski definition) is 2. The molecule has 2 amide bonds. The maximum Gasteiger partial charge on any atom is 0.262 e. The summed E-state index contributed by atoms with van der Waals surface area (Å²) in [5.41, 5.74) is 0.347. The van der Waals surface area contributed by atoms with Crippen LogP contribution >= 0.6 is 11.6 Å². The number of carbonyl (C=O) groups excluding carboxylic acids is 2. The summed E-state index contributed by atoms with van der Waals surface area (Å²) in [4.78, 5) is 24.4. The summed E-state index contributed by atoms with van der Waals surface area (Å²) >= 11 is 6.28. The van der Waals surface area contributed by atoms with Crippen molar-refractivity contribution in [2.45, 2.75) is 68.7 Å². The summed E-state index contributed by atoms with van der Waals surface area (Å²) in [6.45, 7) is 0.285. The van der Waals surface area contributed by atoms with Gasteiger partial charge < -0.3 is 15.4 Å². The largest absolute Gasteiger partial charge is 0.482 e. The van der Waals surface area contributed by atoms with Gasteiger partial charge in [-0.1, -0.05) is 43.7 Å². The molecule has 1 saturated heterocycles. The topological polar surface area (TPSA) is 105 Å². The van der Waals surface area contributed by atoms with E-state index in [1.54, 1.807) is 0 Å². The van der Waals surface area contributed by atoms with E-state index >= 15 is 0 Å². The zero-order chi connectivity index (χ0) is 22.7. The van der Waals surface area contributed by atoms with Crippen LogP contribution < -0.4 is 15.4 Å². The number of sulfonamides is 1. The molecule has 4 rings (SSSR count). The van der Waals surface area contributed by atoms with E-state index in [-0.39, 0.29) is 52.6 Å². The molecule has 0 aromatic heterocycles. The van der Waals surface area contributed by atoms with Crippen molar-refractivity contribution < 1.29 is 22.7 Å². The quantitative estimate of drug-likeness (QED) is 0.683. The molecule has 2 fully saturated rings. The molecule has 10 heteroatoms. The zero-order valence-corrected chi connectivity index (χ0v) is 19.6. The highest BCUT2D eigenvalue weighted by Gasteiger charge is 2.36. The van der Waals surface area contributed by atoms with Crippen LogP contribution in [-0.2, 0) is 19.6 Å². The zero-order valence-electron chi connectivity index (χ0n) is 18.1. The van der Waals surface area contributed by atoms with E-state index in [0.29, 0.717) is 25.1 Å². The van der Waals surface area contributed by atoms with Gasteiger partial charge in [0.25, 0.3) is 5.91 Å². The first kappa shape index (κ1) is 23.3. The molecule has 1 aromatic carbocycles. The molecule has 2 heterocycles. The van der Waals surface area contributed by atoms with Crippen LogP contribution in [-0.4, -0.2) is 50.3 Å². The minimum Gasteiger partial charge on any atom is -0.482 e. The standard InChI is InChI=1S/C22H30ClN3O5S/c23-17-11-18-19(31-14-21(27)25-18)12-20(17)32(29,30)26-10-6-7-15(13-26)22(28)24-16-8-4-2-1-3-5-9-16/h11-12,15-16H,1-10,13-14H2,(H,24,28)(H,25,27). The van der Waals surface area contributed by atoms with Crippen molar-refractivity contribution in [2.24, 2.45) is 5.92 Å². The van der Waals surface area contributed by atoms with Crippen LogP contribution in [0.25, 0.3) is 0 Å². The average molecular weight is 484 g/mol. The Labute approximate surface area is 194 Å². The Hall–Kier alpha value is -1.84. The molecule has 176 valence electrons. The lowest BCUT2D eigenvalue weighted by molar-refractivity contribution is -0.127. The molecule has 1 saturated carbocycles. The molecular formula is C22H30ClN3O5S. The van der Waals surface area contributed by atoms with Crippen molar-refractivity contribution in [1.82, 2.24) is 9.62 Å². The first-order chi connectivity index (χ1) is 15.3. The number of nitrogens with zero attached hydrogens (tertiary/aromatic N) is 1. The van der Waals surface area contributed by atoms with E-state index in [4.69, 9.17) is 16.3 Å². The third kappa shape index (κ3) is 5.21. The summed E-state index contributed by atoms with van der Waals surface area (Å²) in [5, 5.41) is 5.81. The summed E-state index contributed by atoms with van der Waals surface area (Å²) in [7, 11) is -3.92. The monoisotopic (exact) mass is 483 g/mol. The number of ether oxygens (including phenoxy) is 1. The van der Waals surface area contributed by atoms with Gasteiger partial charge in [0, 0.05) is 25.2 Å². The minimum absolute atomic E-state index is 0.00986. The van der Waals surface area contributed by atoms with Gasteiger partial charge in [0.1, 0.15) is 10.6 Å². The van der Waals surface area contributed by atoms with Gasteiger partial charge in [-0.3, -0.25) is 9.59 Å². The number of halogens is 1. The van der Waals surface area contributed by atoms with Crippen LogP contribution in [0.5, 0.6) is 5.75 Å². The van der Waals surface area contributed by atoms with Crippen molar-refractivity contribution in [3.63, 3.8) is 0 Å². The fourth-order valence-corrected chi connectivity index (χ4v) is 6.75. The third-order valence-corrected chi connectivity index (χ3v) is 8.82. The molecule has 1 aromatic rings. The lowest BCUT2D eigenvalue weighted by Crippen LogP contribution is -2.47. The number of fused-ring (bicyclic) bond motifs is 1. The lowest BCUT2D eigenvalue weighted by atomic mass is 9.94. The second-order valence-corrected chi connectivity index (χ2v) is 11.2. The normalized spacial score (nSPS) is 23.3. The number of carbonyl (C=O) groups is 2. The average Bonchev–Trinajstić information content (AvgIpc) is 2.75. The van der Waals surface area contributed by atoms with Crippen molar-refractivity contribution >= 4 is 39.1 Å². The molecule has 1 aliphatic carbocycles. The molecule has 2 aliphatic heterocycles. The van der Waals surface area contributed by atoms with Gasteiger partial charge in [-0.15, -0.1) is 0 Å². The first-order valence-corrected chi connectivity index (χ1v) is 13.2. The van der Waals surface area contributed by atoms with Crippen LogP contribution in [0.15, 0.2) is 17.0 Å². The second kappa shape index (κ2) is 9.97.